The second kappa shape index (κ2) is 4.81. The second-order valence-corrected chi connectivity index (χ2v) is 7.06. The maximum absolute atomic E-state index is 11.1. The zero-order valence-corrected chi connectivity index (χ0v) is 13.7. The summed E-state index contributed by atoms with van der Waals surface area (Å²) in [5.74, 6) is 0.0602. The van der Waals surface area contributed by atoms with Crippen molar-refractivity contribution in [2.45, 2.75) is 0 Å². The summed E-state index contributed by atoms with van der Waals surface area (Å²) < 4.78 is 37.8. The molecule has 5 aromatic rings. The lowest BCUT2D eigenvalue weighted by atomic mass is 9.91. The third kappa shape index (κ3) is 2.13. The Bertz CT molecular complexity index is 1390. The number of hydrogen-bond donors (Lipinski definition) is 0. The molecule has 122 valence electrons. The van der Waals surface area contributed by atoms with Crippen LogP contribution in [0.4, 0.5) is 0 Å². The summed E-state index contributed by atoms with van der Waals surface area (Å²) in [7, 11) is -4.83. The van der Waals surface area contributed by atoms with Crippen LogP contribution in [0.3, 0.4) is 0 Å². The van der Waals surface area contributed by atoms with E-state index in [0.29, 0.717) is 5.39 Å². The van der Waals surface area contributed by atoms with E-state index >= 15 is 0 Å². The number of hydrogen-bond acceptors (Lipinski definition) is 4. The van der Waals surface area contributed by atoms with E-state index in [4.69, 9.17) is 0 Å². The van der Waals surface area contributed by atoms with Crippen LogP contribution in [0.2, 0.25) is 0 Å². The molecule has 0 aliphatic heterocycles. The van der Waals surface area contributed by atoms with Gasteiger partial charge in [-0.1, -0.05) is 48.5 Å². The van der Waals surface area contributed by atoms with Crippen LogP contribution in [0.25, 0.3) is 43.1 Å². The Morgan fingerprint density at radius 3 is 2.20 bits per heavy atom. The Morgan fingerprint density at radius 1 is 0.680 bits per heavy atom. The first kappa shape index (κ1) is 14.5. The van der Waals surface area contributed by atoms with E-state index in [2.05, 4.69) is 28.4 Å². The smallest absolute Gasteiger partial charge is 0.262 e. The molecular weight excluding hydrogens is 336 g/mol. The van der Waals surface area contributed by atoms with E-state index in [1.807, 2.05) is 24.3 Å². The minimum atomic E-state index is -4.83. The lowest BCUT2D eigenvalue weighted by molar-refractivity contribution is 0.374. The summed E-state index contributed by atoms with van der Waals surface area (Å²) in [6.45, 7) is 0. The molecule has 0 heterocycles. The van der Waals surface area contributed by atoms with Crippen LogP contribution in [0.5, 0.6) is 5.75 Å². The Labute approximate surface area is 143 Å². The van der Waals surface area contributed by atoms with Crippen molar-refractivity contribution in [2.75, 3.05) is 0 Å². The van der Waals surface area contributed by atoms with E-state index < -0.39 is 10.4 Å². The summed E-state index contributed by atoms with van der Waals surface area (Å²) >= 11 is 0. The molecule has 0 spiro atoms. The van der Waals surface area contributed by atoms with Gasteiger partial charge in [-0.25, -0.2) is 8.42 Å². The molecule has 0 radical (unpaired) electrons. The van der Waals surface area contributed by atoms with Crippen molar-refractivity contribution in [3.8, 4) is 5.75 Å². The molecule has 0 fully saturated rings. The summed E-state index contributed by atoms with van der Waals surface area (Å²) in [4.78, 5) is 0. The highest BCUT2D eigenvalue weighted by Crippen LogP contribution is 2.41. The lowest BCUT2D eigenvalue weighted by Crippen LogP contribution is -2.07. The van der Waals surface area contributed by atoms with Gasteiger partial charge in [0.1, 0.15) is 5.75 Å². The summed E-state index contributed by atoms with van der Waals surface area (Å²) in [5, 5.41) is 7.97. The number of rotatable bonds is 2. The van der Waals surface area contributed by atoms with Gasteiger partial charge in [0, 0.05) is 10.8 Å². The van der Waals surface area contributed by atoms with E-state index in [-0.39, 0.29) is 5.75 Å². The van der Waals surface area contributed by atoms with Crippen LogP contribution in [-0.4, -0.2) is 13.0 Å². The van der Waals surface area contributed by atoms with Gasteiger partial charge in [-0.05, 0) is 50.5 Å². The molecule has 0 aromatic heterocycles. The lowest BCUT2D eigenvalue weighted by Gasteiger charge is -2.16. The summed E-state index contributed by atoms with van der Waals surface area (Å²) in [6.07, 6.45) is 0. The van der Waals surface area contributed by atoms with Gasteiger partial charge in [-0.15, -0.1) is 0 Å². The molecule has 0 N–H and O–H groups in total. The van der Waals surface area contributed by atoms with Crippen LogP contribution >= 0.6 is 0 Å². The van der Waals surface area contributed by atoms with E-state index in [0.717, 1.165) is 37.7 Å². The minimum absolute atomic E-state index is 0.0602. The molecule has 25 heavy (non-hydrogen) atoms. The fourth-order valence-electron chi connectivity index (χ4n) is 3.71. The van der Waals surface area contributed by atoms with E-state index in [9.17, 15) is 13.0 Å². The highest BCUT2D eigenvalue weighted by Gasteiger charge is 2.14. The molecule has 5 rings (SSSR count). The minimum Gasteiger partial charge on any atom is -0.716 e. The first-order chi connectivity index (χ1) is 12.0. The van der Waals surface area contributed by atoms with Crippen molar-refractivity contribution in [1.29, 1.82) is 0 Å². The zero-order valence-electron chi connectivity index (χ0n) is 12.9. The Morgan fingerprint density at radius 2 is 1.36 bits per heavy atom. The van der Waals surface area contributed by atoms with Crippen LogP contribution in [-0.2, 0) is 10.4 Å². The van der Waals surface area contributed by atoms with Crippen molar-refractivity contribution in [3.63, 3.8) is 0 Å². The molecule has 0 saturated carbocycles. The second-order valence-electron chi connectivity index (χ2n) is 6.08. The van der Waals surface area contributed by atoms with E-state index in [1.165, 1.54) is 6.07 Å². The van der Waals surface area contributed by atoms with Gasteiger partial charge < -0.3 is 8.74 Å². The molecule has 0 saturated heterocycles. The van der Waals surface area contributed by atoms with Gasteiger partial charge in [-0.2, -0.15) is 0 Å². The standard InChI is InChI=1S/C20H12O4S/c21-25(22,23)24-18-10-7-12-5-8-16-15-4-2-1-3-13(15)11-14-6-9-17(18)19(12)20(14)16/h1-11H,(H,21,22,23)/p-1. The number of fused-ring (bicyclic) bond motifs is 2. The van der Waals surface area contributed by atoms with Gasteiger partial charge in [0.2, 0.25) is 0 Å². The van der Waals surface area contributed by atoms with Crippen LogP contribution in [0.1, 0.15) is 0 Å². The highest BCUT2D eigenvalue weighted by atomic mass is 32.3. The third-order valence-corrected chi connectivity index (χ3v) is 5.04. The van der Waals surface area contributed by atoms with Crippen molar-refractivity contribution in [3.05, 3.63) is 66.7 Å². The van der Waals surface area contributed by atoms with Crippen LogP contribution in [0.15, 0.2) is 66.7 Å². The molecular formula is C20H11O4S-. The molecule has 0 amide bonds. The first-order valence-corrected chi connectivity index (χ1v) is 9.09. The van der Waals surface area contributed by atoms with Gasteiger partial charge in [0.25, 0.3) is 10.4 Å². The quantitative estimate of drug-likeness (QED) is 0.203. The average Bonchev–Trinajstić information content (AvgIpc) is 2.59. The molecule has 0 aliphatic rings. The summed E-state index contributed by atoms with van der Waals surface area (Å²) in [5.41, 5.74) is 0. The molecule has 4 nitrogen and oxygen atoms in total. The third-order valence-electron chi connectivity index (χ3n) is 4.66. The van der Waals surface area contributed by atoms with Gasteiger partial charge in [-0.3, -0.25) is 0 Å². The fourth-order valence-corrected chi connectivity index (χ4v) is 4.08. The fraction of sp³-hybridized carbons (Fsp3) is 0. The molecule has 0 aliphatic carbocycles. The topological polar surface area (TPSA) is 66.4 Å². The van der Waals surface area contributed by atoms with Crippen molar-refractivity contribution >= 4 is 53.5 Å². The Kier molecular flexibility index (Phi) is 2.78. The number of benzene rings is 5. The maximum atomic E-state index is 11.1. The van der Waals surface area contributed by atoms with Gasteiger partial charge >= 0.3 is 0 Å². The highest BCUT2D eigenvalue weighted by molar-refractivity contribution is 7.81. The van der Waals surface area contributed by atoms with Crippen LogP contribution in [0, 0.1) is 0 Å². The first-order valence-electron chi connectivity index (χ1n) is 7.76. The van der Waals surface area contributed by atoms with Crippen molar-refractivity contribution in [1.82, 2.24) is 0 Å². The predicted molar refractivity (Wildman–Crippen MR) is 98.0 cm³/mol. The Balaban J connectivity index is 2.01. The van der Waals surface area contributed by atoms with Gasteiger partial charge in [0.05, 0.1) is 0 Å². The van der Waals surface area contributed by atoms with Crippen LogP contribution < -0.4 is 4.18 Å². The summed E-state index contributed by atoms with van der Waals surface area (Å²) in [6, 6.07) is 21.4. The zero-order chi connectivity index (χ0) is 17.2. The molecule has 0 atom stereocenters. The largest absolute Gasteiger partial charge is 0.716 e. The molecule has 5 aromatic carbocycles. The monoisotopic (exact) mass is 347 g/mol. The SMILES string of the molecule is O=S(=O)([O-])Oc1ccc2ccc3c4ccccc4cc4ccc1c2c43. The Hall–Kier alpha value is -2.89. The molecule has 0 unspecified atom stereocenters. The molecule has 0 bridgehead atoms. The average molecular weight is 347 g/mol. The van der Waals surface area contributed by atoms with Crippen molar-refractivity contribution < 1.29 is 17.2 Å². The maximum Gasteiger partial charge on any atom is 0.262 e. The van der Waals surface area contributed by atoms with Crippen molar-refractivity contribution in [2.24, 2.45) is 0 Å². The normalized spacial score (nSPS) is 12.5. The predicted octanol–water partition coefficient (Wildman–Crippen LogP) is 4.58. The molecule has 5 heteroatoms. The van der Waals surface area contributed by atoms with Gasteiger partial charge in [0.15, 0.2) is 0 Å². The van der Waals surface area contributed by atoms with E-state index in [1.54, 1.807) is 12.1 Å².